The Labute approximate surface area is 362 Å². The van der Waals surface area contributed by atoms with E-state index in [-0.39, 0.29) is 18.5 Å². The molecule has 0 saturated heterocycles. The first-order chi connectivity index (χ1) is 28.5. The summed E-state index contributed by atoms with van der Waals surface area (Å²) in [5.74, 6) is -0.0268. The van der Waals surface area contributed by atoms with Crippen LogP contribution in [-0.4, -0.2) is 47.4 Å². The van der Waals surface area contributed by atoms with Gasteiger partial charge in [-0.3, -0.25) is 9.59 Å². The first kappa shape index (κ1) is 56.9. The van der Waals surface area contributed by atoms with E-state index in [0.29, 0.717) is 25.9 Å². The largest absolute Gasteiger partial charge is 0.466 e. The Balaban J connectivity index is 3.36. The molecule has 0 aromatic rings. The van der Waals surface area contributed by atoms with E-state index in [1.54, 1.807) is 0 Å². The molecule has 0 aliphatic rings. The lowest BCUT2D eigenvalue weighted by Gasteiger charge is -2.22. The van der Waals surface area contributed by atoms with Gasteiger partial charge in [0.15, 0.2) is 0 Å². The van der Waals surface area contributed by atoms with Gasteiger partial charge < -0.3 is 20.3 Å². The molecule has 0 saturated carbocycles. The van der Waals surface area contributed by atoms with E-state index in [0.717, 1.165) is 38.5 Å². The van der Waals surface area contributed by atoms with Crippen LogP contribution in [0.15, 0.2) is 0 Å². The minimum atomic E-state index is -0.662. The van der Waals surface area contributed by atoms with Gasteiger partial charge in [-0.05, 0) is 25.7 Å². The van der Waals surface area contributed by atoms with Gasteiger partial charge in [-0.1, -0.05) is 258 Å². The van der Waals surface area contributed by atoms with Crippen molar-refractivity contribution in [2.75, 3.05) is 13.2 Å². The number of nitrogens with one attached hydrogen (secondary N) is 1. The van der Waals surface area contributed by atoms with Gasteiger partial charge in [0.2, 0.25) is 5.91 Å². The summed E-state index contributed by atoms with van der Waals surface area (Å²) in [5.41, 5.74) is 0. The van der Waals surface area contributed by atoms with Crippen molar-refractivity contribution in [3.05, 3.63) is 0 Å². The van der Waals surface area contributed by atoms with E-state index >= 15 is 0 Å². The Morgan fingerprint density at radius 3 is 1.05 bits per heavy atom. The quantitative estimate of drug-likeness (QED) is 0.0420. The minimum absolute atomic E-state index is 0.0106. The average Bonchev–Trinajstić information content (AvgIpc) is 3.22. The molecule has 0 rings (SSSR count). The lowest BCUT2D eigenvalue weighted by atomic mass is 10.0. The van der Waals surface area contributed by atoms with E-state index in [1.165, 1.54) is 225 Å². The predicted octanol–water partition coefficient (Wildman–Crippen LogP) is 15.6. The number of ether oxygens (including phenoxy) is 1. The van der Waals surface area contributed by atoms with Gasteiger partial charge in [-0.25, -0.2) is 0 Å². The van der Waals surface area contributed by atoms with Crippen LogP contribution in [0.1, 0.15) is 296 Å². The Bertz CT molecular complexity index is 822. The SMILES string of the molecule is CCCCCCCCCCCCCC(=O)OCCCCCCCCCCCCCCCCCCCCCCC(=O)NC(CO)C(O)CCCCCCCCCCCC. The summed E-state index contributed by atoms with van der Waals surface area (Å²) in [7, 11) is 0. The number of aliphatic hydroxyl groups excluding tert-OH is 2. The minimum Gasteiger partial charge on any atom is -0.466 e. The average molecular weight is 822 g/mol. The molecule has 0 heterocycles. The molecular formula is C52H103NO5. The van der Waals surface area contributed by atoms with Crippen molar-refractivity contribution in [2.24, 2.45) is 0 Å². The molecule has 3 N–H and O–H groups in total. The van der Waals surface area contributed by atoms with Crippen molar-refractivity contribution < 1.29 is 24.5 Å². The second kappa shape index (κ2) is 48.5. The third kappa shape index (κ3) is 44.4. The van der Waals surface area contributed by atoms with E-state index in [4.69, 9.17) is 4.74 Å². The molecule has 0 aromatic heterocycles. The summed E-state index contributed by atoms with van der Waals surface area (Å²) >= 11 is 0. The fourth-order valence-corrected chi connectivity index (χ4v) is 8.35. The number of unbranched alkanes of at least 4 members (excludes halogenated alkanes) is 38. The van der Waals surface area contributed by atoms with Crippen molar-refractivity contribution in [2.45, 2.75) is 309 Å². The smallest absolute Gasteiger partial charge is 0.305 e. The van der Waals surface area contributed by atoms with Gasteiger partial charge >= 0.3 is 5.97 Å². The standard InChI is InChI=1S/C52H103NO5/c1-3-5-7-9-11-13-25-30-34-38-42-46-52(57)58-47-43-39-35-31-27-24-22-20-18-16-15-17-19-21-23-26-29-33-37-41-45-51(56)53-49(48-54)50(55)44-40-36-32-28-14-12-10-8-6-4-2/h49-50,54-55H,3-48H2,1-2H3,(H,53,56). The lowest BCUT2D eigenvalue weighted by Crippen LogP contribution is -2.45. The molecule has 2 atom stereocenters. The van der Waals surface area contributed by atoms with Crippen LogP contribution >= 0.6 is 0 Å². The number of carbonyl (C=O) groups is 2. The van der Waals surface area contributed by atoms with Gasteiger partial charge in [-0.15, -0.1) is 0 Å². The molecule has 1 amide bonds. The van der Waals surface area contributed by atoms with Crippen LogP contribution < -0.4 is 5.32 Å². The molecule has 0 aliphatic heterocycles. The highest BCUT2D eigenvalue weighted by molar-refractivity contribution is 5.76. The van der Waals surface area contributed by atoms with Crippen molar-refractivity contribution >= 4 is 11.9 Å². The van der Waals surface area contributed by atoms with Crippen LogP contribution in [0.2, 0.25) is 0 Å². The maximum Gasteiger partial charge on any atom is 0.305 e. The molecule has 0 radical (unpaired) electrons. The lowest BCUT2D eigenvalue weighted by molar-refractivity contribution is -0.143. The normalized spacial score (nSPS) is 12.6. The molecule has 0 spiro atoms. The zero-order valence-corrected chi connectivity index (χ0v) is 39.3. The second-order valence-electron chi connectivity index (χ2n) is 18.2. The number of amides is 1. The van der Waals surface area contributed by atoms with Crippen molar-refractivity contribution in [3.8, 4) is 0 Å². The molecule has 6 nitrogen and oxygen atoms in total. The highest BCUT2D eigenvalue weighted by Gasteiger charge is 2.20. The molecule has 0 fully saturated rings. The van der Waals surface area contributed by atoms with Crippen LogP contribution in [-0.2, 0) is 14.3 Å². The maximum absolute atomic E-state index is 12.4. The first-order valence-corrected chi connectivity index (χ1v) is 26.3. The first-order valence-electron chi connectivity index (χ1n) is 26.3. The zero-order valence-electron chi connectivity index (χ0n) is 39.3. The van der Waals surface area contributed by atoms with Crippen LogP contribution in [0.4, 0.5) is 0 Å². The van der Waals surface area contributed by atoms with Gasteiger partial charge in [-0.2, -0.15) is 0 Å². The fraction of sp³-hybridized carbons (Fsp3) is 0.962. The molecule has 6 heteroatoms. The highest BCUT2D eigenvalue weighted by atomic mass is 16.5. The number of esters is 1. The second-order valence-corrected chi connectivity index (χ2v) is 18.2. The summed E-state index contributed by atoms with van der Waals surface area (Å²) in [5, 5.41) is 23.1. The molecule has 58 heavy (non-hydrogen) atoms. The molecule has 2 unspecified atom stereocenters. The van der Waals surface area contributed by atoms with Gasteiger partial charge in [0.1, 0.15) is 0 Å². The van der Waals surface area contributed by atoms with Crippen LogP contribution in [0.25, 0.3) is 0 Å². The Kier molecular flexibility index (Phi) is 47.6. The summed E-state index contributed by atoms with van der Waals surface area (Å²) in [6.07, 6.45) is 53.7. The Morgan fingerprint density at radius 2 is 0.707 bits per heavy atom. The Hall–Kier alpha value is -1.14. The molecule has 0 bridgehead atoms. The fourth-order valence-electron chi connectivity index (χ4n) is 8.35. The summed E-state index contributed by atoms with van der Waals surface area (Å²) in [4.78, 5) is 24.4. The maximum atomic E-state index is 12.4. The molecule has 0 aliphatic carbocycles. The summed E-state index contributed by atoms with van der Waals surface area (Å²) in [6, 6.07) is -0.539. The molecular weight excluding hydrogens is 719 g/mol. The highest BCUT2D eigenvalue weighted by Crippen LogP contribution is 2.17. The third-order valence-electron chi connectivity index (χ3n) is 12.4. The van der Waals surface area contributed by atoms with Crippen LogP contribution in [0.3, 0.4) is 0 Å². The van der Waals surface area contributed by atoms with E-state index in [1.807, 2.05) is 0 Å². The van der Waals surface area contributed by atoms with Crippen LogP contribution in [0, 0.1) is 0 Å². The topological polar surface area (TPSA) is 95.9 Å². The number of carbonyl (C=O) groups excluding carboxylic acids is 2. The van der Waals surface area contributed by atoms with Crippen molar-refractivity contribution in [1.82, 2.24) is 5.32 Å². The van der Waals surface area contributed by atoms with Gasteiger partial charge in [0, 0.05) is 12.8 Å². The monoisotopic (exact) mass is 822 g/mol. The Morgan fingerprint density at radius 1 is 0.414 bits per heavy atom. The van der Waals surface area contributed by atoms with Crippen LogP contribution in [0.5, 0.6) is 0 Å². The van der Waals surface area contributed by atoms with Crippen molar-refractivity contribution in [3.63, 3.8) is 0 Å². The predicted molar refractivity (Wildman–Crippen MR) is 250 cm³/mol. The molecule has 0 aromatic carbocycles. The van der Waals surface area contributed by atoms with E-state index in [2.05, 4.69) is 19.2 Å². The number of rotatable bonds is 49. The number of hydrogen-bond donors (Lipinski definition) is 3. The zero-order chi connectivity index (χ0) is 42.3. The van der Waals surface area contributed by atoms with Crippen molar-refractivity contribution in [1.29, 1.82) is 0 Å². The number of aliphatic hydroxyl groups is 2. The molecule has 346 valence electrons. The summed E-state index contributed by atoms with van der Waals surface area (Å²) < 4.78 is 5.46. The van der Waals surface area contributed by atoms with Gasteiger partial charge in [0.05, 0.1) is 25.4 Å². The summed E-state index contributed by atoms with van der Waals surface area (Å²) in [6.45, 7) is 4.94. The van der Waals surface area contributed by atoms with E-state index < -0.39 is 12.1 Å². The third-order valence-corrected chi connectivity index (χ3v) is 12.4. The number of hydrogen-bond acceptors (Lipinski definition) is 5. The van der Waals surface area contributed by atoms with Gasteiger partial charge in [0.25, 0.3) is 0 Å². The van der Waals surface area contributed by atoms with E-state index in [9.17, 15) is 19.8 Å².